The Morgan fingerprint density at radius 3 is 2.81 bits per heavy atom. The standard InChI is InChI=1S/C15H14ClN3O2/c1-17-13-5-3-2-4-12(13)15(21)19-18-9-10-8-11(16)6-7-14(10)20/h2-9,17,20H,1H3,(H,19,21)/b18-9-. The number of aromatic hydroxyl groups is 1. The number of hydrogen-bond acceptors (Lipinski definition) is 4. The zero-order valence-electron chi connectivity index (χ0n) is 11.3. The highest BCUT2D eigenvalue weighted by Crippen LogP contribution is 2.19. The first-order valence-electron chi connectivity index (χ1n) is 6.20. The first-order chi connectivity index (χ1) is 10.1. The summed E-state index contributed by atoms with van der Waals surface area (Å²) in [5, 5.41) is 16.9. The van der Waals surface area contributed by atoms with Crippen molar-refractivity contribution >= 4 is 29.4 Å². The van der Waals surface area contributed by atoms with Crippen molar-refractivity contribution in [3.63, 3.8) is 0 Å². The number of amides is 1. The second-order valence-electron chi connectivity index (χ2n) is 4.20. The highest BCUT2D eigenvalue weighted by molar-refractivity contribution is 6.30. The van der Waals surface area contributed by atoms with E-state index < -0.39 is 0 Å². The molecule has 0 fully saturated rings. The smallest absolute Gasteiger partial charge is 0.273 e. The number of para-hydroxylation sites is 1. The van der Waals surface area contributed by atoms with Crippen molar-refractivity contribution in [2.45, 2.75) is 0 Å². The maximum atomic E-state index is 12.0. The molecule has 0 heterocycles. The number of phenolic OH excluding ortho intramolecular Hbond substituents is 1. The van der Waals surface area contributed by atoms with Crippen LogP contribution in [-0.2, 0) is 0 Å². The summed E-state index contributed by atoms with van der Waals surface area (Å²) < 4.78 is 0. The summed E-state index contributed by atoms with van der Waals surface area (Å²) in [5.74, 6) is -0.314. The Labute approximate surface area is 127 Å². The molecule has 2 aromatic carbocycles. The maximum absolute atomic E-state index is 12.0. The van der Waals surface area contributed by atoms with E-state index in [1.807, 2.05) is 6.07 Å². The lowest BCUT2D eigenvalue weighted by atomic mass is 10.1. The second kappa shape index (κ2) is 6.76. The van der Waals surface area contributed by atoms with E-state index in [0.29, 0.717) is 21.8 Å². The van der Waals surface area contributed by atoms with Crippen molar-refractivity contribution in [2.24, 2.45) is 5.10 Å². The minimum atomic E-state index is -0.349. The molecule has 0 atom stereocenters. The van der Waals surface area contributed by atoms with Gasteiger partial charge < -0.3 is 10.4 Å². The third-order valence-electron chi connectivity index (χ3n) is 2.80. The topological polar surface area (TPSA) is 73.7 Å². The molecule has 0 aliphatic carbocycles. The number of nitrogens with zero attached hydrogens (tertiary/aromatic N) is 1. The van der Waals surface area contributed by atoms with Crippen LogP contribution in [0.3, 0.4) is 0 Å². The third kappa shape index (κ3) is 3.73. The van der Waals surface area contributed by atoms with E-state index in [0.717, 1.165) is 0 Å². The van der Waals surface area contributed by atoms with Crippen molar-refractivity contribution in [1.29, 1.82) is 0 Å². The molecule has 0 aromatic heterocycles. The molecule has 0 radical (unpaired) electrons. The van der Waals surface area contributed by atoms with Crippen LogP contribution in [0, 0.1) is 0 Å². The number of nitrogens with one attached hydrogen (secondary N) is 2. The van der Waals surface area contributed by atoms with Gasteiger partial charge in [0.25, 0.3) is 5.91 Å². The molecule has 3 N–H and O–H groups in total. The van der Waals surface area contributed by atoms with Gasteiger partial charge in [-0.05, 0) is 30.3 Å². The molecule has 0 unspecified atom stereocenters. The number of hydrazone groups is 1. The third-order valence-corrected chi connectivity index (χ3v) is 3.04. The number of hydrogen-bond donors (Lipinski definition) is 3. The van der Waals surface area contributed by atoms with Crippen LogP contribution >= 0.6 is 11.6 Å². The SMILES string of the molecule is CNc1ccccc1C(=O)N/N=C\c1cc(Cl)ccc1O. The van der Waals surface area contributed by atoms with Crippen molar-refractivity contribution < 1.29 is 9.90 Å². The molecule has 0 aliphatic heterocycles. The molecule has 6 heteroatoms. The van der Waals surface area contributed by atoms with Crippen molar-refractivity contribution in [3.05, 3.63) is 58.6 Å². The predicted molar refractivity (Wildman–Crippen MR) is 84.2 cm³/mol. The molecule has 5 nitrogen and oxygen atoms in total. The van der Waals surface area contributed by atoms with Crippen LogP contribution in [0.15, 0.2) is 47.6 Å². The van der Waals surface area contributed by atoms with Gasteiger partial charge in [-0.25, -0.2) is 5.43 Å². The van der Waals surface area contributed by atoms with Gasteiger partial charge in [0.2, 0.25) is 0 Å². The van der Waals surface area contributed by atoms with Gasteiger partial charge in [-0.2, -0.15) is 5.10 Å². The first-order valence-corrected chi connectivity index (χ1v) is 6.58. The fraction of sp³-hybridized carbons (Fsp3) is 0.0667. The van der Waals surface area contributed by atoms with Crippen LogP contribution in [0.1, 0.15) is 15.9 Å². The van der Waals surface area contributed by atoms with Crippen LogP contribution in [0.5, 0.6) is 5.75 Å². The number of anilines is 1. The molecule has 0 bridgehead atoms. The Bertz CT molecular complexity index is 686. The van der Waals surface area contributed by atoms with Crippen molar-refractivity contribution in [1.82, 2.24) is 5.43 Å². The summed E-state index contributed by atoms with van der Waals surface area (Å²) in [6.45, 7) is 0. The number of carbonyl (C=O) groups excluding carboxylic acids is 1. The number of rotatable bonds is 4. The first kappa shape index (κ1) is 14.9. The molecule has 2 aromatic rings. The number of halogens is 1. The van der Waals surface area contributed by atoms with Crippen molar-refractivity contribution in [3.8, 4) is 5.75 Å². The Balaban J connectivity index is 2.10. The minimum absolute atomic E-state index is 0.0352. The number of phenols is 1. The fourth-order valence-electron chi connectivity index (χ4n) is 1.75. The highest BCUT2D eigenvalue weighted by Gasteiger charge is 2.08. The molecule has 108 valence electrons. The molecule has 0 saturated carbocycles. The second-order valence-corrected chi connectivity index (χ2v) is 4.63. The fourth-order valence-corrected chi connectivity index (χ4v) is 1.93. The molecule has 0 saturated heterocycles. The van der Waals surface area contributed by atoms with E-state index in [2.05, 4.69) is 15.8 Å². The van der Waals surface area contributed by atoms with Gasteiger partial charge in [-0.15, -0.1) is 0 Å². The summed E-state index contributed by atoms with van der Waals surface area (Å²) >= 11 is 5.83. The lowest BCUT2D eigenvalue weighted by molar-refractivity contribution is 0.0956. The molecule has 0 spiro atoms. The summed E-state index contributed by atoms with van der Waals surface area (Å²) in [6, 6.07) is 11.7. The van der Waals surface area contributed by atoms with Gasteiger partial charge in [0.05, 0.1) is 11.8 Å². The summed E-state index contributed by atoms with van der Waals surface area (Å²) in [6.07, 6.45) is 1.33. The van der Waals surface area contributed by atoms with Crippen LogP contribution in [-0.4, -0.2) is 24.3 Å². The van der Waals surface area contributed by atoms with E-state index in [-0.39, 0.29) is 11.7 Å². The monoisotopic (exact) mass is 303 g/mol. The van der Waals surface area contributed by atoms with E-state index in [9.17, 15) is 9.90 Å². The Morgan fingerprint density at radius 2 is 2.05 bits per heavy atom. The summed E-state index contributed by atoms with van der Waals surface area (Å²) in [4.78, 5) is 12.0. The van der Waals surface area contributed by atoms with E-state index in [1.165, 1.54) is 12.3 Å². The van der Waals surface area contributed by atoms with Gasteiger partial charge in [0.1, 0.15) is 5.75 Å². The van der Waals surface area contributed by atoms with Crippen LogP contribution < -0.4 is 10.7 Å². The lowest BCUT2D eigenvalue weighted by Gasteiger charge is -2.06. The number of carbonyl (C=O) groups is 1. The quantitative estimate of drug-likeness (QED) is 0.600. The largest absolute Gasteiger partial charge is 0.507 e. The van der Waals surface area contributed by atoms with Crippen LogP contribution in [0.2, 0.25) is 5.02 Å². The van der Waals surface area contributed by atoms with Crippen LogP contribution in [0.4, 0.5) is 5.69 Å². The van der Waals surface area contributed by atoms with Gasteiger partial charge >= 0.3 is 0 Å². The van der Waals surface area contributed by atoms with Gasteiger partial charge in [-0.1, -0.05) is 23.7 Å². The van der Waals surface area contributed by atoms with Gasteiger partial charge in [0, 0.05) is 23.3 Å². The summed E-state index contributed by atoms with van der Waals surface area (Å²) in [7, 11) is 1.74. The molecule has 21 heavy (non-hydrogen) atoms. The maximum Gasteiger partial charge on any atom is 0.273 e. The van der Waals surface area contributed by atoms with E-state index in [4.69, 9.17) is 11.6 Å². The Hall–Kier alpha value is -2.53. The normalized spacial score (nSPS) is 10.6. The summed E-state index contributed by atoms with van der Waals surface area (Å²) in [5.41, 5.74) is 4.01. The lowest BCUT2D eigenvalue weighted by Crippen LogP contribution is -2.18. The zero-order valence-corrected chi connectivity index (χ0v) is 12.1. The number of benzene rings is 2. The molecule has 1 amide bonds. The average molecular weight is 304 g/mol. The average Bonchev–Trinajstić information content (AvgIpc) is 2.50. The van der Waals surface area contributed by atoms with Crippen LogP contribution in [0.25, 0.3) is 0 Å². The molecular formula is C15H14ClN3O2. The predicted octanol–water partition coefficient (Wildman–Crippen LogP) is 2.85. The molecular weight excluding hydrogens is 290 g/mol. The van der Waals surface area contributed by atoms with Gasteiger partial charge in [-0.3, -0.25) is 4.79 Å². The Morgan fingerprint density at radius 1 is 1.29 bits per heavy atom. The minimum Gasteiger partial charge on any atom is -0.507 e. The highest BCUT2D eigenvalue weighted by atomic mass is 35.5. The molecule has 2 rings (SSSR count). The Kier molecular flexibility index (Phi) is 4.79. The zero-order chi connectivity index (χ0) is 15.2. The van der Waals surface area contributed by atoms with E-state index >= 15 is 0 Å². The van der Waals surface area contributed by atoms with Gasteiger partial charge in [0.15, 0.2) is 0 Å². The van der Waals surface area contributed by atoms with Crippen molar-refractivity contribution in [2.75, 3.05) is 12.4 Å². The van der Waals surface area contributed by atoms with E-state index in [1.54, 1.807) is 37.4 Å². The molecule has 0 aliphatic rings.